The Hall–Kier alpha value is -2.07. The van der Waals surface area contributed by atoms with Gasteiger partial charge < -0.3 is 10.6 Å². The van der Waals surface area contributed by atoms with Gasteiger partial charge in [-0.2, -0.15) is 0 Å². The van der Waals surface area contributed by atoms with Gasteiger partial charge in [0.05, 0.1) is 16.6 Å². The molecule has 0 bridgehead atoms. The van der Waals surface area contributed by atoms with Crippen LogP contribution in [0.4, 0.5) is 10.1 Å². The smallest absolute Gasteiger partial charge is 0.257 e. The highest BCUT2D eigenvalue weighted by Gasteiger charge is 2.24. The fourth-order valence-corrected chi connectivity index (χ4v) is 2.40. The normalized spacial score (nSPS) is 12.0. The van der Waals surface area contributed by atoms with Crippen LogP contribution in [-0.4, -0.2) is 17.9 Å². The van der Waals surface area contributed by atoms with Gasteiger partial charge in [0.15, 0.2) is 0 Å². The summed E-state index contributed by atoms with van der Waals surface area (Å²) in [5, 5.41) is 0.285. The first-order valence-electron chi connectivity index (χ1n) is 6.49. The fourth-order valence-electron chi connectivity index (χ4n) is 2.14. The van der Waals surface area contributed by atoms with Gasteiger partial charge in [0, 0.05) is 18.3 Å². The summed E-state index contributed by atoms with van der Waals surface area (Å²) >= 11 is 6.05. The Morgan fingerprint density at radius 1 is 1.24 bits per heavy atom. The molecule has 21 heavy (non-hydrogen) atoms. The van der Waals surface area contributed by atoms with Crippen LogP contribution in [0.15, 0.2) is 42.5 Å². The summed E-state index contributed by atoms with van der Waals surface area (Å²) in [5.41, 5.74) is 6.81. The number of benzene rings is 2. The molecule has 2 aromatic carbocycles. The van der Waals surface area contributed by atoms with Crippen LogP contribution in [0.5, 0.6) is 0 Å². The van der Waals surface area contributed by atoms with E-state index < -0.39 is 6.04 Å². The van der Waals surface area contributed by atoms with Crippen molar-refractivity contribution in [1.82, 2.24) is 4.90 Å². The quantitative estimate of drug-likeness (QED) is 0.874. The number of rotatable bonds is 3. The highest BCUT2D eigenvalue weighted by atomic mass is 35.5. The molecule has 0 saturated heterocycles. The number of carbonyl (C=O) groups excluding carboxylic acids is 1. The second-order valence-corrected chi connectivity index (χ2v) is 5.22. The van der Waals surface area contributed by atoms with Crippen LogP contribution in [-0.2, 0) is 0 Å². The Kier molecular flexibility index (Phi) is 4.48. The van der Waals surface area contributed by atoms with E-state index in [-0.39, 0.29) is 22.3 Å². The van der Waals surface area contributed by atoms with Crippen LogP contribution in [0.1, 0.15) is 28.9 Å². The molecule has 1 atom stereocenters. The largest absolute Gasteiger partial charge is 0.398 e. The minimum Gasteiger partial charge on any atom is -0.398 e. The number of nitrogens with two attached hydrogens (primary N) is 1. The monoisotopic (exact) mass is 306 g/mol. The van der Waals surface area contributed by atoms with E-state index in [1.165, 1.54) is 11.0 Å². The van der Waals surface area contributed by atoms with E-state index in [0.717, 1.165) is 0 Å². The van der Waals surface area contributed by atoms with Gasteiger partial charge in [-0.15, -0.1) is 0 Å². The summed E-state index contributed by atoms with van der Waals surface area (Å²) in [6.07, 6.45) is 0. The zero-order valence-corrected chi connectivity index (χ0v) is 12.6. The van der Waals surface area contributed by atoms with Crippen molar-refractivity contribution in [3.05, 3.63) is 64.4 Å². The third-order valence-corrected chi connectivity index (χ3v) is 3.83. The van der Waals surface area contributed by atoms with Crippen LogP contribution in [0, 0.1) is 5.82 Å². The van der Waals surface area contributed by atoms with E-state index in [2.05, 4.69) is 0 Å². The van der Waals surface area contributed by atoms with Crippen LogP contribution < -0.4 is 5.73 Å². The molecule has 0 saturated carbocycles. The Bertz CT molecular complexity index is 655. The summed E-state index contributed by atoms with van der Waals surface area (Å²) in [5.74, 6) is -0.689. The van der Waals surface area contributed by atoms with Crippen molar-refractivity contribution in [1.29, 1.82) is 0 Å². The van der Waals surface area contributed by atoms with Gasteiger partial charge in [-0.05, 0) is 25.1 Å². The van der Waals surface area contributed by atoms with E-state index in [9.17, 15) is 9.18 Å². The van der Waals surface area contributed by atoms with E-state index in [1.807, 2.05) is 0 Å². The average molecular weight is 307 g/mol. The summed E-state index contributed by atoms with van der Waals surface area (Å²) in [6, 6.07) is 10.8. The fraction of sp³-hybridized carbons (Fsp3) is 0.188. The van der Waals surface area contributed by atoms with Gasteiger partial charge in [-0.1, -0.05) is 35.9 Å². The lowest BCUT2D eigenvalue weighted by molar-refractivity contribution is 0.0741. The topological polar surface area (TPSA) is 46.3 Å². The number of amides is 1. The number of nitrogens with zero attached hydrogens (tertiary/aromatic N) is 1. The summed E-state index contributed by atoms with van der Waals surface area (Å²) < 4.78 is 13.8. The molecule has 0 aliphatic heterocycles. The maximum absolute atomic E-state index is 13.8. The second kappa shape index (κ2) is 6.14. The minimum absolute atomic E-state index is 0.241. The summed E-state index contributed by atoms with van der Waals surface area (Å²) in [7, 11) is 1.60. The minimum atomic E-state index is -0.436. The van der Waals surface area contributed by atoms with Gasteiger partial charge in [0.2, 0.25) is 0 Å². The van der Waals surface area contributed by atoms with Crippen molar-refractivity contribution >= 4 is 23.2 Å². The van der Waals surface area contributed by atoms with Crippen LogP contribution in [0.2, 0.25) is 5.02 Å². The van der Waals surface area contributed by atoms with Crippen molar-refractivity contribution in [2.24, 2.45) is 0 Å². The molecule has 2 aromatic rings. The zero-order chi connectivity index (χ0) is 15.6. The number of hydrogen-bond donors (Lipinski definition) is 1. The van der Waals surface area contributed by atoms with E-state index in [0.29, 0.717) is 11.3 Å². The van der Waals surface area contributed by atoms with Gasteiger partial charge in [-0.25, -0.2) is 4.39 Å². The molecule has 0 aliphatic carbocycles. The molecule has 0 spiro atoms. The maximum atomic E-state index is 13.8. The summed E-state index contributed by atoms with van der Waals surface area (Å²) in [6.45, 7) is 1.75. The van der Waals surface area contributed by atoms with E-state index in [4.69, 9.17) is 17.3 Å². The lowest BCUT2D eigenvalue weighted by Crippen LogP contribution is -2.31. The molecule has 0 radical (unpaired) electrons. The van der Waals surface area contributed by atoms with Gasteiger partial charge in [0.25, 0.3) is 5.91 Å². The van der Waals surface area contributed by atoms with Gasteiger partial charge in [-0.3, -0.25) is 4.79 Å². The van der Waals surface area contributed by atoms with E-state index in [1.54, 1.807) is 50.4 Å². The molecule has 0 heterocycles. The number of halogens is 2. The molecule has 5 heteroatoms. The SMILES string of the molecule is CC(c1ccccc1F)N(C)C(=O)c1c(N)cccc1Cl. The standard InChI is InChI=1S/C16H16ClFN2O/c1-10(11-6-3-4-8-13(11)18)20(2)16(21)15-12(17)7-5-9-14(15)19/h3-10H,19H2,1-2H3. The van der Waals surface area contributed by atoms with Crippen LogP contribution in [0.3, 0.4) is 0 Å². The molecule has 0 fully saturated rings. The Morgan fingerprint density at radius 2 is 1.90 bits per heavy atom. The lowest BCUT2D eigenvalue weighted by atomic mass is 10.0. The number of hydrogen-bond acceptors (Lipinski definition) is 2. The highest BCUT2D eigenvalue weighted by molar-refractivity contribution is 6.34. The molecule has 1 unspecified atom stereocenters. The molecular formula is C16H16ClFN2O. The number of anilines is 1. The Balaban J connectivity index is 2.34. The van der Waals surface area contributed by atoms with Crippen molar-refractivity contribution in [3.63, 3.8) is 0 Å². The second-order valence-electron chi connectivity index (χ2n) is 4.82. The lowest BCUT2D eigenvalue weighted by Gasteiger charge is -2.26. The molecular weight excluding hydrogens is 291 g/mol. The average Bonchev–Trinajstić information content (AvgIpc) is 2.46. The number of carbonyl (C=O) groups is 1. The Morgan fingerprint density at radius 3 is 2.52 bits per heavy atom. The first kappa shape index (κ1) is 15.3. The summed E-state index contributed by atoms with van der Waals surface area (Å²) in [4.78, 5) is 14.0. The third-order valence-electron chi connectivity index (χ3n) is 3.52. The van der Waals surface area contributed by atoms with Crippen molar-refractivity contribution < 1.29 is 9.18 Å². The van der Waals surface area contributed by atoms with Gasteiger partial charge >= 0.3 is 0 Å². The molecule has 1 amide bonds. The molecule has 110 valence electrons. The number of nitrogen functional groups attached to an aromatic ring is 1. The molecule has 0 aliphatic rings. The molecule has 0 aromatic heterocycles. The third kappa shape index (κ3) is 3.00. The predicted molar refractivity (Wildman–Crippen MR) is 82.8 cm³/mol. The first-order valence-corrected chi connectivity index (χ1v) is 6.87. The highest BCUT2D eigenvalue weighted by Crippen LogP contribution is 2.28. The van der Waals surface area contributed by atoms with Gasteiger partial charge in [0.1, 0.15) is 5.82 Å². The van der Waals surface area contributed by atoms with Crippen molar-refractivity contribution in [2.45, 2.75) is 13.0 Å². The maximum Gasteiger partial charge on any atom is 0.257 e. The van der Waals surface area contributed by atoms with Crippen LogP contribution in [0.25, 0.3) is 0 Å². The van der Waals surface area contributed by atoms with Crippen molar-refractivity contribution in [2.75, 3.05) is 12.8 Å². The Labute approximate surface area is 128 Å². The van der Waals surface area contributed by atoms with E-state index >= 15 is 0 Å². The predicted octanol–water partition coefficient (Wildman–Crippen LogP) is 3.89. The first-order chi connectivity index (χ1) is 9.93. The zero-order valence-electron chi connectivity index (χ0n) is 11.8. The van der Waals surface area contributed by atoms with Crippen molar-refractivity contribution in [3.8, 4) is 0 Å². The molecule has 2 rings (SSSR count). The van der Waals surface area contributed by atoms with Crippen LogP contribution >= 0.6 is 11.6 Å². The molecule has 3 nitrogen and oxygen atoms in total. The molecule has 2 N–H and O–H groups in total.